The van der Waals surface area contributed by atoms with Crippen LogP contribution in [0.1, 0.15) is 79.1 Å². The van der Waals surface area contributed by atoms with Crippen LogP contribution in [0.3, 0.4) is 0 Å². The fraction of sp³-hybridized carbons (Fsp3) is 0.235. The van der Waals surface area contributed by atoms with E-state index in [0.29, 0.717) is 22.3 Å². The van der Waals surface area contributed by atoms with Gasteiger partial charge < -0.3 is 39.4 Å². The number of ether oxygens (including phenoxy) is 4. The maximum Gasteiger partial charge on any atom is 0.266 e. The van der Waals surface area contributed by atoms with Gasteiger partial charge in [-0.1, -0.05) is 0 Å². The third-order valence-electron chi connectivity index (χ3n) is 8.79. The van der Waals surface area contributed by atoms with E-state index in [0.717, 1.165) is 0 Å². The van der Waals surface area contributed by atoms with Crippen molar-refractivity contribution in [2.75, 3.05) is 13.2 Å². The van der Waals surface area contributed by atoms with E-state index in [-0.39, 0.29) is 80.7 Å². The number of aryl methyl sites for hydroxylation is 2. The van der Waals surface area contributed by atoms with E-state index in [9.17, 15) is 30.0 Å². The van der Waals surface area contributed by atoms with Crippen LogP contribution in [-0.4, -0.2) is 45.2 Å². The van der Waals surface area contributed by atoms with Crippen molar-refractivity contribution in [3.63, 3.8) is 0 Å². The monoisotopic (exact) mass is 594 g/mol. The molecule has 0 unspecified atom stereocenters. The van der Waals surface area contributed by atoms with Crippen molar-refractivity contribution in [3.8, 4) is 45.6 Å². The number of carbonyl (C=O) groups is 2. The van der Waals surface area contributed by atoms with Gasteiger partial charge in [0.1, 0.15) is 34.5 Å². The van der Waals surface area contributed by atoms with E-state index < -0.39 is 34.6 Å². The molecular formula is C34H26O10. The molecule has 222 valence electrons. The molecule has 4 aliphatic rings. The van der Waals surface area contributed by atoms with Crippen LogP contribution >= 0.6 is 0 Å². The number of rotatable bonds is 4. The molecular weight excluding hydrogens is 568 g/mol. The van der Waals surface area contributed by atoms with Gasteiger partial charge in [-0.15, -0.1) is 0 Å². The Morgan fingerprint density at radius 3 is 1.30 bits per heavy atom. The normalized spacial score (nSPS) is 21.2. The summed E-state index contributed by atoms with van der Waals surface area (Å²) in [7, 11) is 0. The number of benzene rings is 4. The van der Waals surface area contributed by atoms with Gasteiger partial charge >= 0.3 is 0 Å². The van der Waals surface area contributed by atoms with Gasteiger partial charge in [-0.3, -0.25) is 9.59 Å². The third kappa shape index (κ3) is 2.87. The molecule has 0 saturated carbocycles. The van der Waals surface area contributed by atoms with Crippen molar-refractivity contribution in [2.24, 2.45) is 0 Å². The molecule has 0 bridgehead atoms. The van der Waals surface area contributed by atoms with Crippen LogP contribution in [0.5, 0.6) is 34.5 Å². The van der Waals surface area contributed by atoms with E-state index in [4.69, 9.17) is 18.9 Å². The molecule has 4 aromatic carbocycles. The summed E-state index contributed by atoms with van der Waals surface area (Å²) in [4.78, 5) is 28.1. The summed E-state index contributed by atoms with van der Waals surface area (Å²) in [6.07, 6.45) is 0. The second-order valence-electron chi connectivity index (χ2n) is 11.4. The lowest BCUT2D eigenvalue weighted by Gasteiger charge is -2.50. The number of ketones is 2. The minimum absolute atomic E-state index is 0.0899. The highest BCUT2D eigenvalue weighted by Gasteiger charge is 2.61. The Bertz CT molecular complexity index is 1910. The topological polar surface area (TPSA) is 152 Å². The molecule has 2 aliphatic heterocycles. The number of fused-ring (bicyclic) bond motifs is 4. The van der Waals surface area contributed by atoms with Gasteiger partial charge in [-0.25, -0.2) is 0 Å². The number of aromatic hydroxyl groups is 4. The number of hydrogen-bond donors (Lipinski definition) is 4. The Hall–Kier alpha value is -5.06. The van der Waals surface area contributed by atoms with Crippen molar-refractivity contribution in [2.45, 2.75) is 39.3 Å². The highest BCUT2D eigenvalue weighted by Crippen LogP contribution is 2.66. The lowest BCUT2D eigenvalue weighted by molar-refractivity contribution is -0.169. The average Bonchev–Trinajstić information content (AvgIpc) is 2.94. The number of carbonyl (C=O) groups excluding carboxylic acids is 2. The smallest absolute Gasteiger partial charge is 0.266 e. The summed E-state index contributed by atoms with van der Waals surface area (Å²) in [5.74, 6) is -6.31. The molecule has 2 aliphatic carbocycles. The average molecular weight is 595 g/mol. The molecule has 44 heavy (non-hydrogen) atoms. The van der Waals surface area contributed by atoms with Gasteiger partial charge in [-0.05, 0) is 63.1 Å². The van der Waals surface area contributed by atoms with Gasteiger partial charge in [0.2, 0.25) is 11.6 Å². The van der Waals surface area contributed by atoms with E-state index >= 15 is 0 Å². The van der Waals surface area contributed by atoms with E-state index in [1.165, 1.54) is 24.3 Å². The van der Waals surface area contributed by atoms with Gasteiger partial charge in [0.05, 0.1) is 33.4 Å². The summed E-state index contributed by atoms with van der Waals surface area (Å²) in [6, 6.07) is 8.80. The molecule has 0 spiro atoms. The minimum atomic E-state index is -1.85. The molecule has 10 heteroatoms. The largest absolute Gasteiger partial charge is 0.507 e. The molecule has 0 fully saturated rings. The van der Waals surface area contributed by atoms with E-state index in [2.05, 4.69) is 0 Å². The second-order valence-corrected chi connectivity index (χ2v) is 11.4. The zero-order valence-corrected chi connectivity index (χ0v) is 24.1. The van der Waals surface area contributed by atoms with Crippen LogP contribution < -0.4 is 9.47 Å². The Morgan fingerprint density at radius 2 is 0.932 bits per heavy atom. The molecule has 2 heterocycles. The molecule has 4 N–H and O–H groups in total. The molecule has 4 aromatic rings. The summed E-state index contributed by atoms with van der Waals surface area (Å²) in [5, 5.41) is 44.9. The summed E-state index contributed by atoms with van der Waals surface area (Å²) in [5.41, 5.74) is 2.11. The lowest BCUT2D eigenvalue weighted by Crippen LogP contribution is -2.50. The summed E-state index contributed by atoms with van der Waals surface area (Å²) < 4.78 is 26.1. The molecule has 0 aromatic heterocycles. The maximum absolute atomic E-state index is 14.1. The predicted octanol–water partition coefficient (Wildman–Crippen LogP) is 5.14. The lowest BCUT2D eigenvalue weighted by atomic mass is 9.69. The Balaban J connectivity index is 1.57. The van der Waals surface area contributed by atoms with E-state index in [1.54, 1.807) is 39.8 Å². The first kappa shape index (κ1) is 26.6. The first-order chi connectivity index (χ1) is 21.0. The van der Waals surface area contributed by atoms with Crippen LogP contribution in [-0.2, 0) is 21.0 Å². The molecule has 0 saturated heterocycles. The second kappa shape index (κ2) is 8.31. The molecule has 2 atom stereocenters. The fourth-order valence-electron chi connectivity index (χ4n) is 7.40. The first-order valence-corrected chi connectivity index (χ1v) is 14.2. The van der Waals surface area contributed by atoms with Crippen LogP contribution in [0.4, 0.5) is 0 Å². The highest BCUT2D eigenvalue weighted by atomic mass is 16.7. The fourth-order valence-corrected chi connectivity index (χ4v) is 7.40. The maximum atomic E-state index is 14.1. The van der Waals surface area contributed by atoms with Crippen LogP contribution in [0, 0.1) is 13.8 Å². The van der Waals surface area contributed by atoms with Gasteiger partial charge in [-0.2, -0.15) is 0 Å². The van der Waals surface area contributed by atoms with E-state index in [1.807, 2.05) is 0 Å². The van der Waals surface area contributed by atoms with Gasteiger partial charge in [0, 0.05) is 47.6 Å². The number of hydrogen-bond acceptors (Lipinski definition) is 10. The van der Waals surface area contributed by atoms with Crippen LogP contribution in [0.2, 0.25) is 0 Å². The summed E-state index contributed by atoms with van der Waals surface area (Å²) >= 11 is 0. The quantitative estimate of drug-likeness (QED) is 0.250. The van der Waals surface area contributed by atoms with Crippen molar-refractivity contribution < 1.29 is 49.0 Å². The zero-order chi connectivity index (χ0) is 31.0. The van der Waals surface area contributed by atoms with Crippen LogP contribution in [0.15, 0.2) is 36.4 Å². The highest BCUT2D eigenvalue weighted by molar-refractivity contribution is 6.20. The predicted molar refractivity (Wildman–Crippen MR) is 154 cm³/mol. The van der Waals surface area contributed by atoms with Crippen molar-refractivity contribution >= 4 is 11.6 Å². The van der Waals surface area contributed by atoms with Gasteiger partial charge in [0.15, 0.2) is 0 Å². The van der Waals surface area contributed by atoms with Crippen LogP contribution in [0.25, 0.3) is 11.1 Å². The van der Waals surface area contributed by atoms with Gasteiger partial charge in [0.25, 0.3) is 11.6 Å². The number of phenols is 4. The molecule has 10 nitrogen and oxygen atoms in total. The summed E-state index contributed by atoms with van der Waals surface area (Å²) in [6.45, 7) is 7.14. The molecule has 0 amide bonds. The third-order valence-corrected chi connectivity index (χ3v) is 8.79. The molecule has 8 rings (SSSR count). The number of phenolic OH excluding ortho intramolecular Hbond substituents is 4. The minimum Gasteiger partial charge on any atom is -0.507 e. The van der Waals surface area contributed by atoms with Crippen molar-refractivity contribution in [1.82, 2.24) is 0 Å². The van der Waals surface area contributed by atoms with Crippen molar-refractivity contribution in [3.05, 3.63) is 92.0 Å². The SMILES string of the molecule is CCO[C@]12Oc3cc(O)c4c5c3-c3c(cc(O)c(c31)C(=O)c1c(O)cc(C)cc12)O[C@]5(OCC)c1cc(C)cc(O)c1C4=O. The standard InChI is InChI=1S/C34H26O10/c1-5-41-33-15-7-13(3)9-17(35)23(15)31(39)25-19(37)12-22-27(29(25)33)28-21(43-33)11-20(38)26-30(28)34(44-22,42-6-2)16-8-14(4)10-18(36)24(16)32(26)40/h7-12,35-38H,5-6H2,1-4H3/t33-,34-/m1/s1. The van der Waals surface area contributed by atoms with Crippen molar-refractivity contribution in [1.29, 1.82) is 0 Å². The zero-order valence-electron chi connectivity index (χ0n) is 24.1. The Labute approximate surface area is 250 Å². The Kier molecular flexibility index (Phi) is 5.01. The molecule has 0 radical (unpaired) electrons. The first-order valence-electron chi connectivity index (χ1n) is 14.2. The Morgan fingerprint density at radius 1 is 0.568 bits per heavy atom.